The van der Waals surface area contributed by atoms with Crippen LogP contribution in [0.15, 0.2) is 167 Å². The Hall–Kier alpha value is -5.73. The number of hydrogen-bond acceptors (Lipinski definition) is 2. The summed E-state index contributed by atoms with van der Waals surface area (Å²) in [6.45, 7) is 6.35. The van der Waals surface area contributed by atoms with Crippen molar-refractivity contribution in [2.75, 3.05) is 0 Å². The van der Waals surface area contributed by atoms with E-state index in [9.17, 15) is 0 Å². The highest BCUT2D eigenvalue weighted by molar-refractivity contribution is 6.06. The second-order valence-electron chi connectivity index (χ2n) is 11.6. The molecule has 1 heterocycles. The number of allylic oxidation sites excluding steroid dienone is 3. The van der Waals surface area contributed by atoms with Gasteiger partial charge in [0.15, 0.2) is 0 Å². The van der Waals surface area contributed by atoms with E-state index in [1.54, 1.807) is 0 Å². The Morgan fingerprint density at radius 2 is 1.24 bits per heavy atom. The molecule has 46 heavy (non-hydrogen) atoms. The lowest BCUT2D eigenvalue weighted by Crippen LogP contribution is -1.96. The summed E-state index contributed by atoms with van der Waals surface area (Å²) in [6.07, 6.45) is 4.36. The number of furan rings is 1. The summed E-state index contributed by atoms with van der Waals surface area (Å²) in [4.78, 5) is 5.24. The normalized spacial score (nSPS) is 12.6. The molecule has 0 spiro atoms. The Bertz CT molecular complexity index is 2270. The van der Waals surface area contributed by atoms with Gasteiger partial charge in [-0.15, -0.1) is 0 Å². The van der Waals surface area contributed by atoms with E-state index in [-0.39, 0.29) is 0 Å². The summed E-state index contributed by atoms with van der Waals surface area (Å²) < 4.78 is 6.09. The summed E-state index contributed by atoms with van der Waals surface area (Å²) in [6, 6.07) is 51.1. The molecule has 2 nitrogen and oxygen atoms in total. The fraction of sp³-hybridized carbons (Fsp3) is 0.0682. The molecule has 0 aliphatic carbocycles. The number of aryl methyl sites for hydroxylation is 1. The van der Waals surface area contributed by atoms with Crippen LogP contribution in [0.25, 0.3) is 55.5 Å². The topological polar surface area (TPSA) is 25.5 Å². The summed E-state index contributed by atoms with van der Waals surface area (Å²) in [7, 11) is 0. The first kappa shape index (κ1) is 29.0. The molecule has 0 unspecified atom stereocenters. The van der Waals surface area contributed by atoms with Gasteiger partial charge in [0.05, 0.1) is 5.70 Å². The third-order valence-corrected chi connectivity index (χ3v) is 8.61. The molecule has 6 aromatic carbocycles. The molecule has 0 aliphatic heterocycles. The van der Waals surface area contributed by atoms with Crippen molar-refractivity contribution in [2.45, 2.75) is 20.8 Å². The molecule has 7 rings (SSSR count). The molecular formula is C44H35NO. The maximum Gasteiger partial charge on any atom is 0.135 e. The average molecular weight is 594 g/mol. The first-order chi connectivity index (χ1) is 22.6. The molecular weight excluding hydrogens is 558 g/mol. The molecule has 1 aromatic heterocycles. The molecule has 0 aliphatic rings. The van der Waals surface area contributed by atoms with Crippen LogP contribution in [0, 0.1) is 6.92 Å². The molecule has 7 aromatic rings. The van der Waals surface area contributed by atoms with E-state index in [0.717, 1.165) is 55.6 Å². The number of para-hydroxylation sites is 1. The number of benzene rings is 6. The second-order valence-corrected chi connectivity index (χ2v) is 11.6. The van der Waals surface area contributed by atoms with E-state index in [4.69, 9.17) is 9.41 Å². The van der Waals surface area contributed by atoms with Crippen molar-refractivity contribution >= 4 is 38.9 Å². The van der Waals surface area contributed by atoms with Crippen molar-refractivity contribution in [3.05, 3.63) is 180 Å². The maximum atomic E-state index is 6.09. The van der Waals surface area contributed by atoms with Gasteiger partial charge in [-0.2, -0.15) is 0 Å². The number of nitrogens with zero attached hydrogens (tertiary/aromatic N) is 1. The minimum atomic E-state index is 0.909. The highest BCUT2D eigenvalue weighted by Gasteiger charge is 2.12. The van der Waals surface area contributed by atoms with Gasteiger partial charge < -0.3 is 4.42 Å². The molecule has 2 heteroatoms. The van der Waals surface area contributed by atoms with Gasteiger partial charge in [-0.3, -0.25) is 4.99 Å². The first-order valence-corrected chi connectivity index (χ1v) is 15.7. The van der Waals surface area contributed by atoms with Crippen molar-refractivity contribution in [1.29, 1.82) is 0 Å². The van der Waals surface area contributed by atoms with Gasteiger partial charge in [0, 0.05) is 22.0 Å². The standard InChI is InChI=1S/C44H35NO/c1-4-32(34-16-9-6-10-17-34)29-42(45-31(3)33-14-7-5-8-15-33)38-23-22-30(2)40(28-38)37-19-13-18-35(26-37)36-24-25-44-41(27-36)39-20-11-12-21-43(39)46-44/h4-29H,1-3H3/b32-4+,42-29-,45-31?. The third-order valence-electron chi connectivity index (χ3n) is 8.61. The van der Waals surface area contributed by atoms with Crippen LogP contribution in [0.1, 0.15) is 36.1 Å². The van der Waals surface area contributed by atoms with E-state index in [2.05, 4.69) is 160 Å². The summed E-state index contributed by atoms with van der Waals surface area (Å²) in [5.74, 6) is 0. The Morgan fingerprint density at radius 3 is 2.02 bits per heavy atom. The molecule has 222 valence electrons. The highest BCUT2D eigenvalue weighted by Crippen LogP contribution is 2.35. The molecule has 0 saturated heterocycles. The number of fused-ring (bicyclic) bond motifs is 3. The SMILES string of the molecule is C/C=C(\C=C(/N=C(C)c1ccccc1)c1ccc(C)c(-c2cccc(-c3ccc4oc5ccccc5c4c3)c2)c1)c1ccccc1. The van der Waals surface area contributed by atoms with Crippen molar-refractivity contribution in [1.82, 2.24) is 0 Å². The minimum Gasteiger partial charge on any atom is -0.456 e. The predicted octanol–water partition coefficient (Wildman–Crippen LogP) is 12.2. The summed E-state index contributed by atoms with van der Waals surface area (Å²) in [5.41, 5.74) is 14.1. The van der Waals surface area contributed by atoms with E-state index < -0.39 is 0 Å². The molecule has 0 fully saturated rings. The monoisotopic (exact) mass is 593 g/mol. The third kappa shape index (κ3) is 5.86. The molecule has 0 bridgehead atoms. The Morgan fingerprint density at radius 1 is 0.565 bits per heavy atom. The fourth-order valence-corrected chi connectivity index (χ4v) is 6.08. The quantitative estimate of drug-likeness (QED) is 0.133. The average Bonchev–Trinajstić information content (AvgIpc) is 3.49. The lowest BCUT2D eigenvalue weighted by molar-refractivity contribution is 0.669. The first-order valence-electron chi connectivity index (χ1n) is 15.7. The summed E-state index contributed by atoms with van der Waals surface area (Å²) >= 11 is 0. The second kappa shape index (κ2) is 12.7. The van der Waals surface area contributed by atoms with Crippen LogP contribution in [-0.2, 0) is 0 Å². The smallest absolute Gasteiger partial charge is 0.135 e. The van der Waals surface area contributed by atoms with E-state index >= 15 is 0 Å². The Labute approximate surface area is 270 Å². The highest BCUT2D eigenvalue weighted by atomic mass is 16.3. The number of rotatable bonds is 7. The Kier molecular flexibility index (Phi) is 8.01. The van der Waals surface area contributed by atoms with Gasteiger partial charge in [0.1, 0.15) is 11.2 Å². The molecule has 0 saturated carbocycles. The van der Waals surface area contributed by atoms with Crippen LogP contribution in [0.3, 0.4) is 0 Å². The van der Waals surface area contributed by atoms with Gasteiger partial charge in [-0.1, -0.05) is 121 Å². The van der Waals surface area contributed by atoms with Crippen LogP contribution in [0.4, 0.5) is 0 Å². The van der Waals surface area contributed by atoms with Crippen molar-refractivity contribution < 1.29 is 4.42 Å². The van der Waals surface area contributed by atoms with Gasteiger partial charge in [-0.05, 0) is 102 Å². The van der Waals surface area contributed by atoms with E-state index in [0.29, 0.717) is 0 Å². The van der Waals surface area contributed by atoms with Crippen LogP contribution in [0.5, 0.6) is 0 Å². The van der Waals surface area contributed by atoms with Crippen molar-refractivity contribution in [2.24, 2.45) is 4.99 Å². The fourth-order valence-electron chi connectivity index (χ4n) is 6.08. The Balaban J connectivity index is 1.32. The zero-order chi connectivity index (χ0) is 31.5. The number of aliphatic imine (C=N–C) groups is 1. The zero-order valence-corrected chi connectivity index (χ0v) is 26.4. The lowest BCUT2D eigenvalue weighted by atomic mass is 9.93. The van der Waals surface area contributed by atoms with Crippen molar-refractivity contribution in [3.8, 4) is 22.3 Å². The van der Waals surface area contributed by atoms with Crippen LogP contribution in [0.2, 0.25) is 0 Å². The van der Waals surface area contributed by atoms with Gasteiger partial charge >= 0.3 is 0 Å². The zero-order valence-electron chi connectivity index (χ0n) is 26.4. The van der Waals surface area contributed by atoms with Gasteiger partial charge in [0.25, 0.3) is 0 Å². The predicted molar refractivity (Wildman–Crippen MR) is 196 cm³/mol. The maximum absolute atomic E-state index is 6.09. The minimum absolute atomic E-state index is 0.909. The molecule has 0 N–H and O–H groups in total. The summed E-state index contributed by atoms with van der Waals surface area (Å²) in [5, 5.41) is 2.28. The van der Waals surface area contributed by atoms with Crippen LogP contribution in [-0.4, -0.2) is 5.71 Å². The van der Waals surface area contributed by atoms with Crippen LogP contribution >= 0.6 is 0 Å². The van der Waals surface area contributed by atoms with Gasteiger partial charge in [-0.25, -0.2) is 0 Å². The van der Waals surface area contributed by atoms with Crippen molar-refractivity contribution in [3.63, 3.8) is 0 Å². The molecule has 0 radical (unpaired) electrons. The van der Waals surface area contributed by atoms with Gasteiger partial charge in [0.2, 0.25) is 0 Å². The molecule has 0 amide bonds. The van der Waals surface area contributed by atoms with Crippen LogP contribution < -0.4 is 0 Å². The lowest BCUT2D eigenvalue weighted by Gasteiger charge is -2.13. The molecule has 0 atom stereocenters. The van der Waals surface area contributed by atoms with E-state index in [1.807, 2.05) is 18.2 Å². The largest absolute Gasteiger partial charge is 0.456 e. The van der Waals surface area contributed by atoms with E-state index in [1.165, 1.54) is 27.8 Å². The number of hydrogen-bond donors (Lipinski definition) is 0.